The zero-order valence-electron chi connectivity index (χ0n) is 13.7. The van der Waals surface area contributed by atoms with Gasteiger partial charge in [0.1, 0.15) is 0 Å². The second-order valence-electron chi connectivity index (χ2n) is 6.23. The van der Waals surface area contributed by atoms with E-state index in [-0.39, 0.29) is 5.91 Å². The zero-order valence-corrected chi connectivity index (χ0v) is 13.7. The van der Waals surface area contributed by atoms with Crippen LogP contribution in [-0.4, -0.2) is 36.4 Å². The molecule has 2 aromatic carbocycles. The molecule has 123 valence electrons. The van der Waals surface area contributed by atoms with E-state index in [1.54, 1.807) is 12.1 Å². The molecule has 1 saturated heterocycles. The number of likely N-dealkylation sites (tertiary alicyclic amines) is 1. The third kappa shape index (κ3) is 3.52. The van der Waals surface area contributed by atoms with E-state index in [2.05, 4.69) is 18.2 Å². The van der Waals surface area contributed by atoms with Crippen molar-refractivity contribution in [3.05, 3.63) is 65.2 Å². The van der Waals surface area contributed by atoms with Crippen LogP contribution in [0.5, 0.6) is 0 Å². The normalized spacial score (nSPS) is 15.3. The number of benzene rings is 2. The lowest BCUT2D eigenvalue weighted by Crippen LogP contribution is -2.40. The molecule has 4 nitrogen and oxygen atoms in total. The molecule has 0 bridgehead atoms. The molecular weight excluding hydrogens is 299 g/mol. The summed E-state index contributed by atoms with van der Waals surface area (Å²) in [5.41, 5.74) is 9.32. The van der Waals surface area contributed by atoms with Crippen LogP contribution in [0.2, 0.25) is 0 Å². The first-order valence-corrected chi connectivity index (χ1v) is 8.37. The maximum atomic E-state index is 12.7. The summed E-state index contributed by atoms with van der Waals surface area (Å²) in [6, 6.07) is 15.6. The monoisotopic (exact) mass is 321 g/mol. The number of nitrogens with zero attached hydrogens (tertiary/aromatic N) is 1. The summed E-state index contributed by atoms with van der Waals surface area (Å²) in [6.45, 7) is 2.02. The van der Waals surface area contributed by atoms with Gasteiger partial charge in [0.2, 0.25) is 0 Å². The fraction of sp³-hybridized carbons (Fsp3) is 0.316. The summed E-state index contributed by atoms with van der Waals surface area (Å²) in [6.07, 6.45) is 1.90. The van der Waals surface area contributed by atoms with Crippen LogP contribution in [0.3, 0.4) is 0 Å². The number of carbonyl (C=O) groups is 1. The Labute approximate surface area is 143 Å². The van der Waals surface area contributed by atoms with Crippen LogP contribution in [0.1, 0.15) is 40.2 Å². The lowest BCUT2D eigenvalue weighted by molar-refractivity contribution is 0.0714. The molecule has 3 N–H and O–H groups in total. The molecule has 0 spiro atoms. The molecule has 1 radical (unpaired) electrons. The smallest absolute Gasteiger partial charge is 0.327 e. The fourth-order valence-corrected chi connectivity index (χ4v) is 3.36. The van der Waals surface area contributed by atoms with Crippen molar-refractivity contribution in [1.82, 2.24) is 4.90 Å². The number of rotatable bonds is 4. The van der Waals surface area contributed by atoms with Crippen molar-refractivity contribution in [2.45, 2.75) is 25.3 Å². The first-order valence-electron chi connectivity index (χ1n) is 8.37. The van der Waals surface area contributed by atoms with E-state index < -0.39 is 0 Å². The third-order valence-electron chi connectivity index (χ3n) is 4.77. The summed E-state index contributed by atoms with van der Waals surface area (Å²) >= 11 is 0. The molecule has 2 aromatic rings. The molecule has 0 unspecified atom stereocenters. The Kier molecular flexibility index (Phi) is 5.33. The highest BCUT2D eigenvalue weighted by Crippen LogP contribution is 2.29. The molecular formula is C19H22BN2O2. The number of hydrogen-bond donors (Lipinski definition) is 2. The van der Waals surface area contributed by atoms with Crippen molar-refractivity contribution in [2.24, 2.45) is 5.73 Å². The quantitative estimate of drug-likeness (QED) is 0.837. The Morgan fingerprint density at radius 1 is 1.17 bits per heavy atom. The number of carbonyl (C=O) groups excluding carboxylic acids is 1. The van der Waals surface area contributed by atoms with Crippen LogP contribution in [0, 0.1) is 0 Å². The molecule has 0 aromatic heterocycles. The Balaban J connectivity index is 1.67. The van der Waals surface area contributed by atoms with Gasteiger partial charge in [-0.2, -0.15) is 0 Å². The molecule has 1 fully saturated rings. The minimum absolute atomic E-state index is 0.00920. The minimum atomic E-state index is -0.00920. The number of hydrogen-bond acceptors (Lipinski definition) is 3. The lowest BCUT2D eigenvalue weighted by Gasteiger charge is -2.32. The Morgan fingerprint density at radius 3 is 2.62 bits per heavy atom. The van der Waals surface area contributed by atoms with Gasteiger partial charge in [0.05, 0.1) is 0 Å². The van der Waals surface area contributed by atoms with Gasteiger partial charge in [0.15, 0.2) is 0 Å². The molecule has 24 heavy (non-hydrogen) atoms. The summed E-state index contributed by atoms with van der Waals surface area (Å²) < 4.78 is 0. The molecule has 1 aliphatic rings. The van der Waals surface area contributed by atoms with Crippen LogP contribution >= 0.6 is 0 Å². The molecule has 0 saturated carbocycles. The number of piperidine rings is 1. The molecule has 0 atom stereocenters. The lowest BCUT2D eigenvalue weighted by atomic mass is 9.83. The van der Waals surface area contributed by atoms with Gasteiger partial charge >= 0.3 is 7.48 Å². The summed E-state index contributed by atoms with van der Waals surface area (Å²) in [5, 5.41) is 9.30. The van der Waals surface area contributed by atoms with Crippen molar-refractivity contribution in [2.75, 3.05) is 13.1 Å². The van der Waals surface area contributed by atoms with Gasteiger partial charge < -0.3 is 15.7 Å². The first kappa shape index (κ1) is 16.7. The van der Waals surface area contributed by atoms with Gasteiger partial charge in [0, 0.05) is 25.2 Å². The average Bonchev–Trinajstić information content (AvgIpc) is 2.67. The number of nitrogens with two attached hydrogens (primary N) is 1. The topological polar surface area (TPSA) is 66.6 Å². The largest absolute Gasteiger partial charge is 0.450 e. The maximum Gasteiger partial charge on any atom is 0.327 e. The molecule has 0 aliphatic carbocycles. The fourth-order valence-electron chi connectivity index (χ4n) is 3.36. The van der Waals surface area contributed by atoms with Gasteiger partial charge in [-0.1, -0.05) is 42.5 Å². The summed E-state index contributed by atoms with van der Waals surface area (Å²) in [5.74, 6) is 0.463. The SMILES string of the molecule is NCc1cccc(C2CCN(C(=O)c3ccccc3[B]O)CC2)c1. The van der Waals surface area contributed by atoms with Gasteiger partial charge in [-0.3, -0.25) is 4.79 Å². The minimum Gasteiger partial charge on any atom is -0.450 e. The van der Waals surface area contributed by atoms with E-state index in [0.29, 0.717) is 23.5 Å². The van der Waals surface area contributed by atoms with Crippen molar-refractivity contribution >= 4 is 18.9 Å². The van der Waals surface area contributed by atoms with Crippen molar-refractivity contribution in [3.63, 3.8) is 0 Å². The van der Waals surface area contributed by atoms with Crippen LogP contribution in [0.15, 0.2) is 48.5 Å². The third-order valence-corrected chi connectivity index (χ3v) is 4.77. The van der Waals surface area contributed by atoms with E-state index in [1.807, 2.05) is 23.1 Å². The van der Waals surface area contributed by atoms with E-state index >= 15 is 0 Å². The van der Waals surface area contributed by atoms with Gasteiger partial charge in [-0.05, 0) is 41.4 Å². The van der Waals surface area contributed by atoms with E-state index in [0.717, 1.165) is 39.0 Å². The summed E-state index contributed by atoms with van der Waals surface area (Å²) in [7, 11) is 0.998. The highest BCUT2D eigenvalue weighted by molar-refractivity contribution is 6.48. The zero-order chi connectivity index (χ0) is 16.9. The van der Waals surface area contributed by atoms with E-state index in [1.165, 1.54) is 5.56 Å². The summed E-state index contributed by atoms with van der Waals surface area (Å²) in [4.78, 5) is 14.6. The Morgan fingerprint density at radius 2 is 1.92 bits per heavy atom. The van der Waals surface area contributed by atoms with Gasteiger partial charge in [-0.25, -0.2) is 0 Å². The molecule has 3 rings (SSSR count). The highest BCUT2D eigenvalue weighted by Gasteiger charge is 2.25. The second kappa shape index (κ2) is 7.64. The number of amides is 1. The first-order chi connectivity index (χ1) is 11.7. The standard InChI is InChI=1S/C19H22BN2O2/c21-13-14-4-3-5-16(12-14)15-8-10-22(11-9-15)19(23)17-6-1-2-7-18(17)20-24/h1-7,12,15,24H,8-11,13,21H2. The molecule has 1 heterocycles. The van der Waals surface area contributed by atoms with Gasteiger partial charge in [-0.15, -0.1) is 0 Å². The van der Waals surface area contributed by atoms with Crippen LogP contribution < -0.4 is 11.2 Å². The van der Waals surface area contributed by atoms with Gasteiger partial charge in [0.25, 0.3) is 5.91 Å². The molecule has 5 heteroatoms. The molecule has 1 aliphatic heterocycles. The van der Waals surface area contributed by atoms with Crippen molar-refractivity contribution < 1.29 is 9.82 Å². The van der Waals surface area contributed by atoms with Crippen LogP contribution in [0.25, 0.3) is 0 Å². The second-order valence-corrected chi connectivity index (χ2v) is 6.23. The maximum absolute atomic E-state index is 12.7. The van der Waals surface area contributed by atoms with Crippen molar-refractivity contribution in [3.8, 4) is 0 Å². The Bertz CT molecular complexity index is 712. The predicted molar refractivity (Wildman–Crippen MR) is 96.3 cm³/mol. The van der Waals surface area contributed by atoms with E-state index in [9.17, 15) is 9.82 Å². The van der Waals surface area contributed by atoms with Crippen LogP contribution in [-0.2, 0) is 6.54 Å². The van der Waals surface area contributed by atoms with E-state index in [4.69, 9.17) is 5.73 Å². The highest BCUT2D eigenvalue weighted by atomic mass is 16.2. The van der Waals surface area contributed by atoms with Crippen molar-refractivity contribution in [1.29, 1.82) is 0 Å². The molecule has 1 amide bonds. The average molecular weight is 321 g/mol. The predicted octanol–water partition coefficient (Wildman–Crippen LogP) is 1.40. The Hall–Kier alpha value is -2.11. The van der Waals surface area contributed by atoms with Crippen LogP contribution in [0.4, 0.5) is 0 Å².